The molecule has 0 amide bonds. The molecule has 0 saturated carbocycles. The van der Waals surface area contributed by atoms with Crippen LogP contribution < -0.4 is 10.2 Å². The molecule has 2 atom stereocenters. The van der Waals surface area contributed by atoms with Crippen LogP contribution in [0.5, 0.6) is 0 Å². The van der Waals surface area contributed by atoms with Crippen LogP contribution in [0.2, 0.25) is 0 Å². The molecule has 1 N–H and O–H groups in total. The van der Waals surface area contributed by atoms with Crippen LogP contribution in [0.25, 0.3) is 0 Å². The summed E-state index contributed by atoms with van der Waals surface area (Å²) in [6, 6.07) is 7.97. The maximum absolute atomic E-state index is 12.9. The van der Waals surface area contributed by atoms with Crippen LogP contribution in [0.4, 0.5) is 10.1 Å². The number of rotatable bonds is 3. The number of piperidine rings is 1. The molecule has 1 saturated heterocycles. The molecule has 2 nitrogen and oxygen atoms in total. The van der Waals surface area contributed by atoms with Crippen molar-refractivity contribution in [2.45, 2.75) is 38.8 Å². The summed E-state index contributed by atoms with van der Waals surface area (Å²) < 4.78 is 12.9. The fourth-order valence-electron chi connectivity index (χ4n) is 2.66. The molecule has 0 aliphatic carbocycles. The first-order valence-electron chi connectivity index (χ1n) is 6.46. The molecule has 1 aliphatic rings. The van der Waals surface area contributed by atoms with E-state index in [4.69, 9.17) is 0 Å². The van der Waals surface area contributed by atoms with Crippen LogP contribution in [0.3, 0.4) is 0 Å². The predicted octanol–water partition coefficient (Wildman–Crippen LogP) is 2.79. The Labute approximate surface area is 103 Å². The van der Waals surface area contributed by atoms with Gasteiger partial charge in [-0.25, -0.2) is 4.39 Å². The van der Waals surface area contributed by atoms with Gasteiger partial charge >= 0.3 is 0 Å². The van der Waals surface area contributed by atoms with Gasteiger partial charge in [0.25, 0.3) is 0 Å². The molecule has 3 heteroatoms. The second kappa shape index (κ2) is 5.50. The van der Waals surface area contributed by atoms with E-state index in [1.807, 2.05) is 12.1 Å². The molecule has 94 valence electrons. The number of benzene rings is 1. The Kier molecular flexibility index (Phi) is 4.00. The SMILES string of the molecule is CCNC1CCN(c2ccc(F)cc2)C(C)C1. The Bertz CT molecular complexity index is 350. The normalized spacial score (nSPS) is 25.0. The van der Waals surface area contributed by atoms with E-state index in [1.165, 1.54) is 0 Å². The van der Waals surface area contributed by atoms with E-state index in [0.29, 0.717) is 12.1 Å². The Morgan fingerprint density at radius 3 is 2.65 bits per heavy atom. The predicted molar refractivity (Wildman–Crippen MR) is 69.9 cm³/mol. The number of anilines is 1. The summed E-state index contributed by atoms with van der Waals surface area (Å²) in [6.07, 6.45) is 2.32. The van der Waals surface area contributed by atoms with Crippen molar-refractivity contribution in [1.82, 2.24) is 5.32 Å². The van der Waals surface area contributed by atoms with Crippen molar-refractivity contribution in [3.8, 4) is 0 Å². The topological polar surface area (TPSA) is 15.3 Å². The van der Waals surface area contributed by atoms with Gasteiger partial charge in [-0.1, -0.05) is 6.92 Å². The van der Waals surface area contributed by atoms with E-state index < -0.39 is 0 Å². The van der Waals surface area contributed by atoms with Crippen molar-refractivity contribution in [2.24, 2.45) is 0 Å². The van der Waals surface area contributed by atoms with E-state index >= 15 is 0 Å². The Morgan fingerprint density at radius 2 is 2.06 bits per heavy atom. The van der Waals surface area contributed by atoms with Crippen LogP contribution >= 0.6 is 0 Å². The standard InChI is InChI=1S/C14H21FN2/c1-3-16-13-8-9-17(11(2)10-13)14-6-4-12(15)5-7-14/h4-7,11,13,16H,3,8-10H2,1-2H3. The summed E-state index contributed by atoms with van der Waals surface area (Å²) in [4.78, 5) is 2.37. The van der Waals surface area contributed by atoms with Crippen molar-refractivity contribution in [2.75, 3.05) is 18.0 Å². The third-order valence-electron chi connectivity index (χ3n) is 3.53. The van der Waals surface area contributed by atoms with Gasteiger partial charge in [0.1, 0.15) is 5.82 Å². The van der Waals surface area contributed by atoms with Crippen LogP contribution in [0, 0.1) is 5.82 Å². The highest BCUT2D eigenvalue weighted by Gasteiger charge is 2.24. The van der Waals surface area contributed by atoms with E-state index in [1.54, 1.807) is 12.1 Å². The summed E-state index contributed by atoms with van der Waals surface area (Å²) in [5.74, 6) is -0.163. The lowest BCUT2D eigenvalue weighted by molar-refractivity contribution is 0.374. The van der Waals surface area contributed by atoms with Gasteiger partial charge < -0.3 is 10.2 Å². The smallest absolute Gasteiger partial charge is 0.123 e. The quantitative estimate of drug-likeness (QED) is 0.868. The van der Waals surface area contributed by atoms with Crippen LogP contribution in [0.15, 0.2) is 24.3 Å². The van der Waals surface area contributed by atoms with Gasteiger partial charge in [-0.05, 0) is 50.6 Å². The third kappa shape index (κ3) is 2.97. The molecule has 0 spiro atoms. The number of halogens is 1. The molecule has 0 radical (unpaired) electrons. The molecule has 1 aliphatic heterocycles. The second-order valence-electron chi connectivity index (χ2n) is 4.80. The molecule has 17 heavy (non-hydrogen) atoms. The van der Waals surface area contributed by atoms with Gasteiger partial charge in [-0.15, -0.1) is 0 Å². The molecular formula is C14H21FN2. The van der Waals surface area contributed by atoms with Crippen molar-refractivity contribution in [3.05, 3.63) is 30.1 Å². The lowest BCUT2D eigenvalue weighted by Gasteiger charge is -2.39. The highest BCUT2D eigenvalue weighted by molar-refractivity contribution is 5.47. The fraction of sp³-hybridized carbons (Fsp3) is 0.571. The first-order chi connectivity index (χ1) is 8.20. The average molecular weight is 236 g/mol. The molecule has 1 heterocycles. The molecule has 0 bridgehead atoms. The van der Waals surface area contributed by atoms with E-state index in [9.17, 15) is 4.39 Å². The first kappa shape index (κ1) is 12.4. The Morgan fingerprint density at radius 1 is 1.35 bits per heavy atom. The summed E-state index contributed by atoms with van der Waals surface area (Å²) in [5, 5.41) is 3.51. The zero-order valence-electron chi connectivity index (χ0n) is 10.6. The van der Waals surface area contributed by atoms with Crippen molar-refractivity contribution in [1.29, 1.82) is 0 Å². The zero-order chi connectivity index (χ0) is 12.3. The van der Waals surface area contributed by atoms with E-state index in [-0.39, 0.29) is 5.82 Å². The number of hydrogen-bond donors (Lipinski definition) is 1. The Balaban J connectivity index is 2.01. The molecule has 2 unspecified atom stereocenters. The van der Waals surface area contributed by atoms with E-state index in [2.05, 4.69) is 24.1 Å². The van der Waals surface area contributed by atoms with Crippen molar-refractivity contribution in [3.63, 3.8) is 0 Å². The minimum atomic E-state index is -0.163. The zero-order valence-corrected chi connectivity index (χ0v) is 10.6. The van der Waals surface area contributed by atoms with Crippen LogP contribution in [0.1, 0.15) is 26.7 Å². The van der Waals surface area contributed by atoms with Gasteiger partial charge in [0.15, 0.2) is 0 Å². The number of hydrogen-bond acceptors (Lipinski definition) is 2. The van der Waals surface area contributed by atoms with Crippen molar-refractivity contribution >= 4 is 5.69 Å². The summed E-state index contributed by atoms with van der Waals surface area (Å²) in [5.41, 5.74) is 1.13. The maximum atomic E-state index is 12.9. The van der Waals surface area contributed by atoms with Gasteiger partial charge in [-0.2, -0.15) is 0 Å². The summed E-state index contributed by atoms with van der Waals surface area (Å²) >= 11 is 0. The number of nitrogens with one attached hydrogen (secondary N) is 1. The molecule has 1 aromatic carbocycles. The maximum Gasteiger partial charge on any atom is 0.123 e. The van der Waals surface area contributed by atoms with Gasteiger partial charge in [0.05, 0.1) is 0 Å². The largest absolute Gasteiger partial charge is 0.369 e. The average Bonchev–Trinajstić information content (AvgIpc) is 2.31. The highest BCUT2D eigenvalue weighted by Crippen LogP contribution is 2.24. The molecule has 1 fully saturated rings. The molecular weight excluding hydrogens is 215 g/mol. The fourth-order valence-corrected chi connectivity index (χ4v) is 2.66. The minimum absolute atomic E-state index is 0.163. The second-order valence-corrected chi connectivity index (χ2v) is 4.80. The molecule has 0 aromatic heterocycles. The lowest BCUT2D eigenvalue weighted by Crippen LogP contribution is -2.47. The van der Waals surface area contributed by atoms with Crippen molar-refractivity contribution < 1.29 is 4.39 Å². The monoisotopic (exact) mass is 236 g/mol. The van der Waals surface area contributed by atoms with Gasteiger partial charge in [-0.3, -0.25) is 0 Å². The van der Waals surface area contributed by atoms with Gasteiger partial charge in [0.2, 0.25) is 0 Å². The summed E-state index contributed by atoms with van der Waals surface area (Å²) in [7, 11) is 0. The van der Waals surface area contributed by atoms with Crippen LogP contribution in [-0.4, -0.2) is 25.2 Å². The third-order valence-corrected chi connectivity index (χ3v) is 3.53. The minimum Gasteiger partial charge on any atom is -0.369 e. The lowest BCUT2D eigenvalue weighted by atomic mass is 9.97. The molecule has 2 rings (SSSR count). The highest BCUT2D eigenvalue weighted by atomic mass is 19.1. The summed E-state index contributed by atoms with van der Waals surface area (Å²) in [6.45, 7) is 6.47. The van der Waals surface area contributed by atoms with Gasteiger partial charge in [0, 0.05) is 24.3 Å². The number of nitrogens with zero attached hydrogens (tertiary/aromatic N) is 1. The molecule has 1 aromatic rings. The first-order valence-corrected chi connectivity index (χ1v) is 6.46. The van der Waals surface area contributed by atoms with E-state index in [0.717, 1.165) is 31.6 Å². The van der Waals surface area contributed by atoms with Crippen LogP contribution in [-0.2, 0) is 0 Å². The Hall–Kier alpha value is -1.09.